The highest BCUT2D eigenvalue weighted by Gasteiger charge is 2.16. The first-order valence-electron chi connectivity index (χ1n) is 7.55. The predicted molar refractivity (Wildman–Crippen MR) is 98.7 cm³/mol. The molecular weight excluding hydrogens is 362 g/mol. The highest BCUT2D eigenvalue weighted by atomic mass is 35.5. The Kier molecular flexibility index (Phi) is 6.39. The monoisotopic (exact) mass is 377 g/mol. The lowest BCUT2D eigenvalue weighted by Gasteiger charge is -2.01. The minimum atomic E-state index is -0.737. The first-order chi connectivity index (χ1) is 12.0. The van der Waals surface area contributed by atoms with Gasteiger partial charge >= 0.3 is 5.97 Å². The van der Waals surface area contributed by atoms with Crippen LogP contribution in [0.1, 0.15) is 13.8 Å². The van der Waals surface area contributed by atoms with Gasteiger partial charge in [0, 0.05) is 12.7 Å². The van der Waals surface area contributed by atoms with Crippen molar-refractivity contribution in [3.8, 4) is 6.07 Å². The number of esters is 1. The molecule has 0 unspecified atom stereocenters. The summed E-state index contributed by atoms with van der Waals surface area (Å²) in [5.74, 6) is -0.737. The molecule has 1 N–H and O–H groups in total. The summed E-state index contributed by atoms with van der Waals surface area (Å²) in [6.45, 7) is 3.90. The summed E-state index contributed by atoms with van der Waals surface area (Å²) >= 11 is 7.12. The van der Waals surface area contributed by atoms with Crippen LogP contribution in [0.25, 0.3) is 11.8 Å². The number of para-hydroxylation sites is 1. The van der Waals surface area contributed by atoms with E-state index in [4.69, 9.17) is 16.3 Å². The molecule has 0 saturated carbocycles. The Morgan fingerprint density at radius 3 is 2.76 bits per heavy atom. The molecule has 0 amide bonds. The summed E-state index contributed by atoms with van der Waals surface area (Å²) in [7, 11) is 0. The quantitative estimate of drug-likeness (QED) is 0.801. The maximum atomic E-state index is 12.5. The second kappa shape index (κ2) is 8.51. The van der Waals surface area contributed by atoms with E-state index in [0.717, 1.165) is 11.3 Å². The standard InChI is InChI=1S/C17H16ClN3O3S/c1-3-21-15(22)14(10-20-13-8-6-5-7-12(13)18)25-16(21)11(9-19)17(23)24-4-2/h5-8,10,20H,3-4H2,1-2H3/b14-10+,16-11-. The molecule has 1 heterocycles. The zero-order valence-electron chi connectivity index (χ0n) is 13.7. The van der Waals surface area contributed by atoms with Crippen LogP contribution >= 0.6 is 22.9 Å². The number of anilines is 1. The molecule has 0 aliphatic rings. The van der Waals surface area contributed by atoms with Gasteiger partial charge in [0.2, 0.25) is 0 Å². The largest absolute Gasteiger partial charge is 0.462 e. The molecule has 2 aromatic rings. The second-order valence-corrected chi connectivity index (χ2v) is 6.23. The number of aromatic nitrogens is 1. The molecule has 6 nitrogen and oxygen atoms in total. The summed E-state index contributed by atoms with van der Waals surface area (Å²) in [6, 6.07) is 8.95. The molecule has 130 valence electrons. The van der Waals surface area contributed by atoms with Crippen molar-refractivity contribution in [3.05, 3.63) is 48.8 Å². The Hall–Kier alpha value is -2.56. The van der Waals surface area contributed by atoms with E-state index >= 15 is 0 Å². The van der Waals surface area contributed by atoms with E-state index in [-0.39, 0.29) is 22.4 Å². The number of thiazole rings is 1. The highest BCUT2D eigenvalue weighted by molar-refractivity contribution is 7.07. The van der Waals surface area contributed by atoms with Crippen LogP contribution in [0.2, 0.25) is 5.02 Å². The Morgan fingerprint density at radius 1 is 1.44 bits per heavy atom. The van der Waals surface area contributed by atoms with Gasteiger partial charge in [0.1, 0.15) is 15.3 Å². The molecule has 0 fully saturated rings. The third-order valence-corrected chi connectivity index (χ3v) is 4.72. The number of rotatable bonds is 5. The number of carbonyl (C=O) groups excluding carboxylic acids is 1. The SMILES string of the molecule is CCOC(=O)/C(C#N)=c1\s/c(=C/Nc2ccccc2Cl)c(=O)n1CC. The number of nitrogens with zero attached hydrogens (tertiary/aromatic N) is 2. The summed E-state index contributed by atoms with van der Waals surface area (Å²) in [5.41, 5.74) is 0.179. The molecule has 8 heteroatoms. The molecule has 0 aliphatic carbocycles. The lowest BCUT2D eigenvalue weighted by molar-refractivity contribution is -0.136. The zero-order valence-corrected chi connectivity index (χ0v) is 15.3. The molecule has 0 bridgehead atoms. The van der Waals surface area contributed by atoms with E-state index in [9.17, 15) is 14.9 Å². The first-order valence-corrected chi connectivity index (χ1v) is 8.75. The lowest BCUT2D eigenvalue weighted by atomic mass is 10.3. The number of carbonyl (C=O) groups is 1. The number of ether oxygens (including phenoxy) is 1. The van der Waals surface area contributed by atoms with Crippen molar-refractivity contribution in [1.29, 1.82) is 5.26 Å². The molecule has 0 radical (unpaired) electrons. The van der Waals surface area contributed by atoms with Gasteiger partial charge in [-0.05, 0) is 26.0 Å². The van der Waals surface area contributed by atoms with E-state index in [1.165, 1.54) is 10.8 Å². The highest BCUT2D eigenvalue weighted by Crippen LogP contribution is 2.20. The van der Waals surface area contributed by atoms with Gasteiger partial charge in [-0.2, -0.15) is 5.26 Å². The van der Waals surface area contributed by atoms with Gasteiger partial charge in [-0.3, -0.25) is 9.36 Å². The van der Waals surface area contributed by atoms with E-state index in [2.05, 4.69) is 5.32 Å². The van der Waals surface area contributed by atoms with Crippen LogP contribution < -0.4 is 20.1 Å². The maximum absolute atomic E-state index is 12.5. The average molecular weight is 378 g/mol. The van der Waals surface area contributed by atoms with Crippen molar-refractivity contribution < 1.29 is 9.53 Å². The fraction of sp³-hybridized carbons (Fsp3) is 0.235. The fourth-order valence-electron chi connectivity index (χ4n) is 2.10. The minimum absolute atomic E-state index is 0.152. The molecule has 25 heavy (non-hydrogen) atoms. The Bertz CT molecular complexity index is 1000. The number of halogens is 1. The number of benzene rings is 1. The van der Waals surface area contributed by atoms with Gasteiger partial charge in [-0.1, -0.05) is 23.7 Å². The predicted octanol–water partition coefficient (Wildman–Crippen LogP) is 1.67. The Labute approximate surface area is 153 Å². The number of hydrogen-bond donors (Lipinski definition) is 1. The topological polar surface area (TPSA) is 84.1 Å². The number of nitrogens with one attached hydrogen (secondary N) is 1. The van der Waals surface area contributed by atoms with Gasteiger partial charge in [0.05, 0.1) is 17.3 Å². The smallest absolute Gasteiger partial charge is 0.351 e. The Morgan fingerprint density at radius 2 is 2.16 bits per heavy atom. The van der Waals surface area contributed by atoms with E-state index in [0.29, 0.717) is 21.8 Å². The third-order valence-electron chi connectivity index (χ3n) is 3.26. The summed E-state index contributed by atoms with van der Waals surface area (Å²) in [6.07, 6.45) is 1.52. The molecule has 1 aromatic heterocycles. The van der Waals surface area contributed by atoms with Crippen molar-refractivity contribution >= 4 is 46.4 Å². The number of nitriles is 1. The molecule has 0 aliphatic heterocycles. The van der Waals surface area contributed by atoms with Crippen LogP contribution in [-0.2, 0) is 16.1 Å². The van der Waals surface area contributed by atoms with Crippen LogP contribution in [0.3, 0.4) is 0 Å². The van der Waals surface area contributed by atoms with Crippen molar-refractivity contribution in [2.24, 2.45) is 0 Å². The van der Waals surface area contributed by atoms with Gasteiger partial charge in [0.15, 0.2) is 5.57 Å². The van der Waals surface area contributed by atoms with Crippen LogP contribution in [0.4, 0.5) is 5.69 Å². The van der Waals surface area contributed by atoms with Gasteiger partial charge in [-0.25, -0.2) is 4.79 Å². The van der Waals surface area contributed by atoms with Crippen molar-refractivity contribution in [2.75, 3.05) is 11.9 Å². The third kappa shape index (κ3) is 4.10. The molecular formula is C17H16ClN3O3S. The summed E-state index contributed by atoms with van der Waals surface area (Å²) in [5, 5.41) is 12.8. The number of hydrogen-bond acceptors (Lipinski definition) is 6. The minimum Gasteiger partial charge on any atom is -0.462 e. The van der Waals surface area contributed by atoms with E-state index < -0.39 is 5.97 Å². The first kappa shape index (κ1) is 18.8. The van der Waals surface area contributed by atoms with Crippen LogP contribution in [-0.4, -0.2) is 17.1 Å². The van der Waals surface area contributed by atoms with Crippen molar-refractivity contribution in [1.82, 2.24) is 4.57 Å². The van der Waals surface area contributed by atoms with E-state index in [1.54, 1.807) is 32.0 Å². The lowest BCUT2D eigenvalue weighted by Crippen LogP contribution is -2.32. The molecule has 0 atom stereocenters. The van der Waals surface area contributed by atoms with Crippen molar-refractivity contribution in [3.63, 3.8) is 0 Å². The molecule has 2 rings (SSSR count). The summed E-state index contributed by atoms with van der Waals surface area (Å²) < 4.78 is 6.90. The molecule has 1 aromatic carbocycles. The fourth-order valence-corrected chi connectivity index (χ4v) is 3.37. The molecule has 0 spiro atoms. The van der Waals surface area contributed by atoms with Gasteiger partial charge in [-0.15, -0.1) is 11.3 Å². The van der Waals surface area contributed by atoms with Crippen molar-refractivity contribution in [2.45, 2.75) is 20.4 Å². The van der Waals surface area contributed by atoms with Crippen LogP contribution in [0.15, 0.2) is 29.1 Å². The van der Waals surface area contributed by atoms with Gasteiger partial charge < -0.3 is 10.1 Å². The average Bonchev–Trinajstić information content (AvgIpc) is 2.91. The summed E-state index contributed by atoms with van der Waals surface area (Å²) in [4.78, 5) is 24.5. The Balaban J connectivity index is 2.60. The zero-order chi connectivity index (χ0) is 18.4. The van der Waals surface area contributed by atoms with Crippen LogP contribution in [0, 0.1) is 11.3 Å². The van der Waals surface area contributed by atoms with E-state index in [1.807, 2.05) is 12.1 Å². The van der Waals surface area contributed by atoms with Crippen LogP contribution in [0.5, 0.6) is 0 Å². The van der Waals surface area contributed by atoms with Gasteiger partial charge in [0.25, 0.3) is 5.56 Å². The second-order valence-electron chi connectivity index (χ2n) is 4.80. The normalized spacial score (nSPS) is 12.5. The molecule has 0 saturated heterocycles. The maximum Gasteiger partial charge on any atom is 0.351 e.